The fraction of sp³-hybridized carbons (Fsp3) is 0.579. The Morgan fingerprint density at radius 2 is 1.19 bits per heavy atom. The van der Waals surface area contributed by atoms with Crippen molar-refractivity contribution in [1.82, 2.24) is 9.97 Å². The molecule has 0 aliphatic rings. The lowest BCUT2D eigenvalue weighted by Crippen LogP contribution is -1.77. The summed E-state index contributed by atoms with van der Waals surface area (Å²) >= 11 is 0. The first-order valence-electron chi connectivity index (χ1n) is 7.36. The molecule has 1 heterocycles. The number of nitrogens with zero attached hydrogens (tertiary/aromatic N) is 2. The van der Waals surface area contributed by atoms with Crippen molar-refractivity contribution in [3.05, 3.63) is 36.8 Å². The molecule has 2 heteroatoms. The summed E-state index contributed by atoms with van der Waals surface area (Å²) in [6, 6.07) is 7.91. The van der Waals surface area contributed by atoms with Crippen molar-refractivity contribution in [3.63, 3.8) is 0 Å². The molecule has 21 heavy (non-hydrogen) atoms. The predicted octanol–water partition coefficient (Wildman–Crippen LogP) is 7.15. The maximum atomic E-state index is 4.07. The maximum absolute atomic E-state index is 4.07. The van der Waals surface area contributed by atoms with Crippen LogP contribution in [0.15, 0.2) is 36.8 Å². The summed E-state index contributed by atoms with van der Waals surface area (Å²) in [5.41, 5.74) is 0.998. The normalized spacial score (nSPS) is 7.33. The Morgan fingerprint density at radius 1 is 0.762 bits per heavy atom. The van der Waals surface area contributed by atoms with Crippen LogP contribution in [0.2, 0.25) is 0 Å². The van der Waals surface area contributed by atoms with E-state index in [-0.39, 0.29) is 14.9 Å². The maximum Gasteiger partial charge on any atom is 0.116 e. The van der Waals surface area contributed by atoms with Gasteiger partial charge in [-0.15, -0.1) is 0 Å². The number of aromatic nitrogens is 2. The molecule has 2 aromatic rings. The van der Waals surface area contributed by atoms with Crippen LogP contribution in [0.5, 0.6) is 0 Å². The van der Waals surface area contributed by atoms with Crippen LogP contribution in [0.3, 0.4) is 0 Å². The van der Waals surface area contributed by atoms with Gasteiger partial charge in [-0.3, -0.25) is 0 Å². The van der Waals surface area contributed by atoms with Crippen LogP contribution in [0.1, 0.15) is 75.7 Å². The van der Waals surface area contributed by atoms with E-state index in [1.54, 1.807) is 6.33 Å². The molecule has 124 valence electrons. The molecule has 0 bridgehead atoms. The fourth-order valence-electron chi connectivity index (χ4n) is 0.923. The van der Waals surface area contributed by atoms with Gasteiger partial charge < -0.3 is 0 Å². The highest BCUT2D eigenvalue weighted by Crippen LogP contribution is 2.06. The second-order valence-corrected chi connectivity index (χ2v) is 4.20. The van der Waals surface area contributed by atoms with Crippen molar-refractivity contribution >= 4 is 10.9 Å². The third-order valence-corrected chi connectivity index (χ3v) is 1.41. The largest absolute Gasteiger partial charge is 0.244 e. The minimum Gasteiger partial charge on any atom is -0.244 e. The molecule has 0 fully saturated rings. The molecule has 1 aromatic carbocycles. The zero-order valence-electron chi connectivity index (χ0n) is 13.5. The second kappa shape index (κ2) is 23.6. The van der Waals surface area contributed by atoms with Gasteiger partial charge in [0, 0.05) is 11.6 Å². The number of hydrogen-bond donors (Lipinski definition) is 0. The van der Waals surface area contributed by atoms with Crippen molar-refractivity contribution in [1.29, 1.82) is 0 Å². The summed E-state index contributed by atoms with van der Waals surface area (Å²) in [7, 11) is 0. The van der Waals surface area contributed by atoms with Gasteiger partial charge in [-0.2, -0.15) is 0 Å². The Kier molecular flexibility index (Phi) is 31.3. The highest BCUT2D eigenvalue weighted by atomic mass is 14.8. The quantitative estimate of drug-likeness (QED) is 0.515. The van der Waals surface area contributed by atoms with E-state index in [1.165, 1.54) is 19.3 Å². The summed E-state index contributed by atoms with van der Waals surface area (Å²) in [6.07, 6.45) is 7.12. The van der Waals surface area contributed by atoms with Crippen molar-refractivity contribution in [2.45, 2.75) is 75.7 Å². The van der Waals surface area contributed by atoms with Gasteiger partial charge in [0.1, 0.15) is 6.33 Å². The molecule has 0 aliphatic carbocycles. The van der Waals surface area contributed by atoms with Crippen molar-refractivity contribution in [3.8, 4) is 0 Å². The number of fused-ring (bicyclic) bond motifs is 1. The molecule has 0 N–H and O–H groups in total. The second-order valence-electron chi connectivity index (χ2n) is 4.20. The Morgan fingerprint density at radius 3 is 1.62 bits per heavy atom. The minimum absolute atomic E-state index is 0. The van der Waals surface area contributed by atoms with E-state index in [1.807, 2.05) is 30.5 Å². The lowest BCUT2D eigenvalue weighted by atomic mass is 10.2. The zero-order valence-corrected chi connectivity index (χ0v) is 13.5. The number of hydrogen-bond acceptors (Lipinski definition) is 2. The van der Waals surface area contributed by atoms with Gasteiger partial charge in [-0.05, 0) is 6.07 Å². The summed E-state index contributed by atoms with van der Waals surface area (Å²) in [5, 5.41) is 1.09. The topological polar surface area (TPSA) is 25.8 Å². The lowest BCUT2D eigenvalue weighted by molar-refractivity contribution is 1.09. The molecule has 2 nitrogen and oxygen atoms in total. The van der Waals surface area contributed by atoms with E-state index in [9.17, 15) is 0 Å². The van der Waals surface area contributed by atoms with Gasteiger partial charge in [0.25, 0.3) is 0 Å². The van der Waals surface area contributed by atoms with E-state index >= 15 is 0 Å². The number of para-hydroxylation sites is 1. The van der Waals surface area contributed by atoms with E-state index in [0.717, 1.165) is 10.9 Å². The lowest BCUT2D eigenvalue weighted by Gasteiger charge is -1.90. The fourth-order valence-corrected chi connectivity index (χ4v) is 0.923. The average Bonchev–Trinajstić information content (AvgIpc) is 2.42. The van der Waals surface area contributed by atoms with Crippen LogP contribution in [0.25, 0.3) is 10.9 Å². The van der Waals surface area contributed by atoms with Gasteiger partial charge in [0.15, 0.2) is 0 Å². The number of rotatable bonds is 0. The van der Waals surface area contributed by atoms with Crippen LogP contribution < -0.4 is 0 Å². The summed E-state index contributed by atoms with van der Waals surface area (Å²) < 4.78 is 0. The molecular formula is C19H38N2. The Balaban J connectivity index is -0.000000113. The Labute approximate surface area is 134 Å². The molecule has 0 spiro atoms. The SMILES string of the molecule is C.C.CCC.CCC.CCC.c1ccc2ncncc2c1. The number of benzene rings is 1. The van der Waals surface area contributed by atoms with Crippen LogP contribution in [-0.4, -0.2) is 9.97 Å². The van der Waals surface area contributed by atoms with Gasteiger partial charge in [-0.25, -0.2) is 9.97 Å². The monoisotopic (exact) mass is 294 g/mol. The highest BCUT2D eigenvalue weighted by Gasteiger charge is 1.87. The van der Waals surface area contributed by atoms with E-state index < -0.39 is 0 Å². The first-order valence-corrected chi connectivity index (χ1v) is 7.36. The molecule has 0 aliphatic heterocycles. The summed E-state index contributed by atoms with van der Waals surface area (Å²) in [5.74, 6) is 0. The van der Waals surface area contributed by atoms with Crippen molar-refractivity contribution in [2.75, 3.05) is 0 Å². The Bertz CT molecular complexity index is 316. The van der Waals surface area contributed by atoms with E-state index in [0.29, 0.717) is 0 Å². The van der Waals surface area contributed by atoms with Crippen LogP contribution in [-0.2, 0) is 0 Å². The average molecular weight is 295 g/mol. The van der Waals surface area contributed by atoms with Crippen LogP contribution >= 0.6 is 0 Å². The van der Waals surface area contributed by atoms with Crippen molar-refractivity contribution in [2.24, 2.45) is 0 Å². The molecule has 0 saturated carbocycles. The van der Waals surface area contributed by atoms with Crippen LogP contribution in [0.4, 0.5) is 0 Å². The predicted molar refractivity (Wildman–Crippen MR) is 101 cm³/mol. The highest BCUT2D eigenvalue weighted by molar-refractivity contribution is 5.76. The summed E-state index contributed by atoms with van der Waals surface area (Å²) in [4.78, 5) is 7.97. The van der Waals surface area contributed by atoms with Gasteiger partial charge >= 0.3 is 0 Å². The van der Waals surface area contributed by atoms with Crippen LogP contribution in [0, 0.1) is 0 Å². The third kappa shape index (κ3) is 18.6. The molecule has 0 saturated heterocycles. The standard InChI is InChI=1S/C8H6N2.3C3H8.2CH4/c1-2-4-8-7(3-1)5-9-6-10-8;3*1-3-2;;/h1-6H;3*3H2,1-2H3;2*1H4. The van der Waals surface area contributed by atoms with E-state index in [4.69, 9.17) is 0 Å². The molecular weight excluding hydrogens is 256 g/mol. The smallest absolute Gasteiger partial charge is 0.116 e. The van der Waals surface area contributed by atoms with Gasteiger partial charge in [0.2, 0.25) is 0 Å². The summed E-state index contributed by atoms with van der Waals surface area (Å²) in [6.45, 7) is 12.8. The first kappa shape index (κ1) is 27.8. The van der Waals surface area contributed by atoms with Gasteiger partial charge in [0.05, 0.1) is 5.52 Å². The molecule has 0 atom stereocenters. The zero-order chi connectivity index (χ0) is 14.9. The minimum atomic E-state index is 0. The molecule has 0 unspecified atom stereocenters. The first-order chi connectivity index (χ1) is 9.21. The van der Waals surface area contributed by atoms with Crippen molar-refractivity contribution < 1.29 is 0 Å². The van der Waals surface area contributed by atoms with Gasteiger partial charge in [-0.1, -0.05) is 93.9 Å². The molecule has 2 rings (SSSR count). The van der Waals surface area contributed by atoms with E-state index in [2.05, 4.69) is 51.5 Å². The molecule has 0 radical (unpaired) electrons. The molecule has 0 amide bonds. The molecule has 1 aromatic heterocycles. The third-order valence-electron chi connectivity index (χ3n) is 1.41. The Hall–Kier alpha value is -1.44.